The minimum Gasteiger partial charge on any atom is -0.398 e. The number of alkyl halides is 3. The minimum absolute atomic E-state index is 0.518. The van der Waals surface area contributed by atoms with Gasteiger partial charge in [0.2, 0.25) is 0 Å². The normalized spacial score (nSPS) is 11.6. The predicted molar refractivity (Wildman–Crippen MR) is 70.7 cm³/mol. The van der Waals surface area contributed by atoms with Gasteiger partial charge >= 0.3 is 6.18 Å². The van der Waals surface area contributed by atoms with Gasteiger partial charge in [0.25, 0.3) is 0 Å². The molecule has 0 spiro atoms. The van der Waals surface area contributed by atoms with E-state index in [2.05, 4.69) is 0 Å². The maximum atomic E-state index is 12.7. The summed E-state index contributed by atoms with van der Waals surface area (Å²) >= 11 is 0. The van der Waals surface area contributed by atoms with Crippen LogP contribution in [-0.2, 0) is 12.6 Å². The van der Waals surface area contributed by atoms with Gasteiger partial charge in [-0.2, -0.15) is 13.2 Å². The second kappa shape index (κ2) is 4.96. The van der Waals surface area contributed by atoms with Crippen molar-refractivity contribution in [2.45, 2.75) is 19.5 Å². The lowest BCUT2D eigenvalue weighted by Gasteiger charge is -2.10. The van der Waals surface area contributed by atoms with Crippen LogP contribution < -0.4 is 5.73 Å². The Morgan fingerprint density at radius 2 is 1.68 bits per heavy atom. The molecule has 0 radical (unpaired) electrons. The molecule has 0 aliphatic rings. The molecule has 0 unspecified atom stereocenters. The van der Waals surface area contributed by atoms with Gasteiger partial charge in [-0.05, 0) is 41.3 Å². The molecule has 2 rings (SSSR count). The lowest BCUT2D eigenvalue weighted by molar-refractivity contribution is -0.137. The van der Waals surface area contributed by atoms with E-state index in [1.807, 2.05) is 13.0 Å². The van der Waals surface area contributed by atoms with Crippen molar-refractivity contribution in [2.75, 3.05) is 5.73 Å². The average molecular weight is 265 g/mol. The maximum absolute atomic E-state index is 12.7. The average Bonchev–Trinajstić information content (AvgIpc) is 2.38. The van der Waals surface area contributed by atoms with Crippen LogP contribution in [0.5, 0.6) is 0 Å². The highest BCUT2D eigenvalue weighted by Gasteiger charge is 2.30. The summed E-state index contributed by atoms with van der Waals surface area (Å²) in [6, 6.07) is 10.6. The molecule has 0 amide bonds. The van der Waals surface area contributed by atoms with Gasteiger partial charge in [0.15, 0.2) is 0 Å². The fourth-order valence-electron chi connectivity index (χ4n) is 1.97. The summed E-state index contributed by atoms with van der Waals surface area (Å²) in [5.41, 5.74) is 8.04. The van der Waals surface area contributed by atoms with Crippen molar-refractivity contribution in [3.63, 3.8) is 0 Å². The molecule has 0 bridgehead atoms. The van der Waals surface area contributed by atoms with Gasteiger partial charge in [-0.1, -0.05) is 31.2 Å². The number of benzene rings is 2. The van der Waals surface area contributed by atoms with Crippen molar-refractivity contribution >= 4 is 5.69 Å². The largest absolute Gasteiger partial charge is 0.416 e. The first kappa shape index (κ1) is 13.5. The Morgan fingerprint density at radius 3 is 2.26 bits per heavy atom. The summed E-state index contributed by atoms with van der Waals surface area (Å²) < 4.78 is 38.0. The van der Waals surface area contributed by atoms with Crippen LogP contribution in [0.2, 0.25) is 0 Å². The number of anilines is 1. The Balaban J connectivity index is 2.45. The third-order valence-corrected chi connectivity index (χ3v) is 3.05. The number of halogens is 3. The van der Waals surface area contributed by atoms with Gasteiger partial charge in [-0.15, -0.1) is 0 Å². The molecule has 100 valence electrons. The van der Waals surface area contributed by atoms with Crippen molar-refractivity contribution < 1.29 is 13.2 Å². The molecule has 0 saturated heterocycles. The molecule has 1 nitrogen and oxygen atoms in total. The maximum Gasteiger partial charge on any atom is 0.416 e. The molecule has 0 aromatic heterocycles. The van der Waals surface area contributed by atoms with Crippen LogP contribution in [0.4, 0.5) is 18.9 Å². The lowest BCUT2D eigenvalue weighted by Crippen LogP contribution is -2.04. The van der Waals surface area contributed by atoms with E-state index in [4.69, 9.17) is 5.73 Å². The number of nitrogens with two attached hydrogens (primary N) is 1. The van der Waals surface area contributed by atoms with E-state index in [1.54, 1.807) is 18.2 Å². The summed E-state index contributed by atoms with van der Waals surface area (Å²) in [6.45, 7) is 1.98. The zero-order chi connectivity index (χ0) is 14.0. The van der Waals surface area contributed by atoms with Crippen LogP contribution in [0, 0.1) is 0 Å². The molecule has 0 aliphatic heterocycles. The molecular weight excluding hydrogens is 251 g/mol. The van der Waals surface area contributed by atoms with Gasteiger partial charge in [0.1, 0.15) is 0 Å². The van der Waals surface area contributed by atoms with Crippen LogP contribution in [0.25, 0.3) is 11.1 Å². The van der Waals surface area contributed by atoms with Crippen molar-refractivity contribution in [1.82, 2.24) is 0 Å². The van der Waals surface area contributed by atoms with Crippen molar-refractivity contribution in [3.05, 3.63) is 53.6 Å². The third-order valence-electron chi connectivity index (χ3n) is 3.05. The Bertz CT molecular complexity index is 588. The highest BCUT2D eigenvalue weighted by Crippen LogP contribution is 2.32. The van der Waals surface area contributed by atoms with E-state index in [1.165, 1.54) is 6.07 Å². The second-order valence-electron chi connectivity index (χ2n) is 4.35. The van der Waals surface area contributed by atoms with E-state index in [0.717, 1.165) is 24.1 Å². The topological polar surface area (TPSA) is 26.0 Å². The molecule has 2 aromatic carbocycles. The number of nitrogen functional groups attached to an aromatic ring is 1. The predicted octanol–water partition coefficient (Wildman–Crippen LogP) is 4.52. The molecule has 19 heavy (non-hydrogen) atoms. The van der Waals surface area contributed by atoms with Crippen molar-refractivity contribution in [3.8, 4) is 11.1 Å². The van der Waals surface area contributed by atoms with Gasteiger partial charge in [0.05, 0.1) is 5.56 Å². The number of hydrogen-bond donors (Lipinski definition) is 1. The van der Waals surface area contributed by atoms with E-state index in [0.29, 0.717) is 16.8 Å². The van der Waals surface area contributed by atoms with Crippen LogP contribution >= 0.6 is 0 Å². The highest BCUT2D eigenvalue weighted by molar-refractivity contribution is 5.69. The fourth-order valence-corrected chi connectivity index (χ4v) is 1.97. The zero-order valence-electron chi connectivity index (χ0n) is 10.5. The van der Waals surface area contributed by atoms with Crippen LogP contribution in [-0.4, -0.2) is 0 Å². The summed E-state index contributed by atoms with van der Waals surface area (Å²) in [5, 5.41) is 0. The Labute approximate surface area is 109 Å². The molecule has 0 fully saturated rings. The van der Waals surface area contributed by atoms with Gasteiger partial charge in [0, 0.05) is 5.69 Å². The van der Waals surface area contributed by atoms with Crippen LogP contribution in [0.15, 0.2) is 42.5 Å². The molecule has 0 atom stereocenters. The van der Waals surface area contributed by atoms with Gasteiger partial charge < -0.3 is 5.73 Å². The first-order valence-electron chi connectivity index (χ1n) is 5.98. The lowest BCUT2D eigenvalue weighted by atomic mass is 10.00. The molecule has 0 heterocycles. The Hall–Kier alpha value is -1.97. The Kier molecular flexibility index (Phi) is 3.51. The molecule has 0 aliphatic carbocycles. The number of hydrogen-bond acceptors (Lipinski definition) is 1. The standard InChI is InChI=1S/C15H14F3N/c1-2-10-6-7-12(9-14(10)19)11-4-3-5-13(8-11)15(16,17)18/h3-9H,2,19H2,1H3. The van der Waals surface area contributed by atoms with Crippen LogP contribution in [0.3, 0.4) is 0 Å². The molecular formula is C15H14F3N. The first-order valence-corrected chi connectivity index (χ1v) is 5.98. The molecule has 2 N–H and O–H groups in total. The molecule has 4 heteroatoms. The zero-order valence-corrected chi connectivity index (χ0v) is 10.5. The van der Waals surface area contributed by atoms with Crippen LogP contribution in [0.1, 0.15) is 18.1 Å². The summed E-state index contributed by atoms with van der Waals surface area (Å²) in [7, 11) is 0. The molecule has 0 saturated carbocycles. The monoisotopic (exact) mass is 265 g/mol. The quantitative estimate of drug-likeness (QED) is 0.794. The SMILES string of the molecule is CCc1ccc(-c2cccc(C(F)(F)F)c2)cc1N. The van der Waals surface area contributed by atoms with E-state index in [9.17, 15) is 13.2 Å². The number of rotatable bonds is 2. The van der Waals surface area contributed by atoms with E-state index < -0.39 is 11.7 Å². The van der Waals surface area contributed by atoms with Crippen molar-refractivity contribution in [2.24, 2.45) is 0 Å². The first-order chi connectivity index (χ1) is 8.91. The third kappa shape index (κ3) is 2.89. The van der Waals surface area contributed by atoms with Crippen molar-refractivity contribution in [1.29, 1.82) is 0 Å². The van der Waals surface area contributed by atoms with Gasteiger partial charge in [-0.25, -0.2) is 0 Å². The number of aryl methyl sites for hydroxylation is 1. The second-order valence-corrected chi connectivity index (χ2v) is 4.35. The summed E-state index contributed by atoms with van der Waals surface area (Å²) in [6.07, 6.45) is -3.53. The summed E-state index contributed by atoms with van der Waals surface area (Å²) in [4.78, 5) is 0. The Morgan fingerprint density at radius 1 is 1.00 bits per heavy atom. The highest BCUT2D eigenvalue weighted by atomic mass is 19.4. The minimum atomic E-state index is -4.33. The fraction of sp³-hybridized carbons (Fsp3) is 0.200. The smallest absolute Gasteiger partial charge is 0.398 e. The van der Waals surface area contributed by atoms with E-state index in [-0.39, 0.29) is 0 Å². The molecule has 2 aromatic rings. The summed E-state index contributed by atoms with van der Waals surface area (Å²) in [5.74, 6) is 0. The van der Waals surface area contributed by atoms with E-state index >= 15 is 0 Å². The van der Waals surface area contributed by atoms with Gasteiger partial charge in [-0.3, -0.25) is 0 Å².